The van der Waals surface area contributed by atoms with E-state index in [9.17, 15) is 4.79 Å². The lowest BCUT2D eigenvalue weighted by Gasteiger charge is -2.20. The molecule has 1 aromatic heterocycles. The van der Waals surface area contributed by atoms with Crippen molar-refractivity contribution in [3.05, 3.63) is 45.9 Å². The first-order valence-electron chi connectivity index (χ1n) is 11.0. The molecule has 6 nitrogen and oxygen atoms in total. The number of carbonyl (C=O) groups excluding carboxylic acids is 1. The van der Waals surface area contributed by atoms with Gasteiger partial charge in [0.15, 0.2) is 5.96 Å². The standard InChI is InChI=1S/C23H33N5OS/c1-3-20-15-25-21(30-20)16-27-23(24-4-2)26-14-17-9-8-12-19(13-17)28-22(29)18-10-6-5-7-11-18/h8-9,12-13,15,18H,3-7,10-11,14,16H2,1-2H3,(H,28,29)(H2,24,26,27). The molecule has 1 heterocycles. The smallest absolute Gasteiger partial charge is 0.227 e. The summed E-state index contributed by atoms with van der Waals surface area (Å²) in [6.45, 7) is 6.19. The number of rotatable bonds is 8. The number of anilines is 1. The molecule has 0 bridgehead atoms. The van der Waals surface area contributed by atoms with Crippen molar-refractivity contribution in [3.63, 3.8) is 0 Å². The van der Waals surface area contributed by atoms with Gasteiger partial charge in [-0.15, -0.1) is 11.3 Å². The number of aliphatic imine (C=N–C) groups is 1. The van der Waals surface area contributed by atoms with E-state index in [2.05, 4.69) is 34.8 Å². The average molecular weight is 428 g/mol. The van der Waals surface area contributed by atoms with Crippen molar-refractivity contribution >= 4 is 28.9 Å². The van der Waals surface area contributed by atoms with Gasteiger partial charge in [0, 0.05) is 29.2 Å². The van der Waals surface area contributed by atoms with E-state index in [4.69, 9.17) is 4.99 Å². The molecule has 1 aromatic carbocycles. The first kappa shape index (κ1) is 22.3. The van der Waals surface area contributed by atoms with Gasteiger partial charge in [-0.3, -0.25) is 4.79 Å². The number of nitrogens with zero attached hydrogens (tertiary/aromatic N) is 2. The Bertz CT molecular complexity index is 842. The predicted octanol–water partition coefficient (Wildman–Crippen LogP) is 4.48. The maximum absolute atomic E-state index is 12.5. The van der Waals surface area contributed by atoms with E-state index in [0.29, 0.717) is 13.1 Å². The van der Waals surface area contributed by atoms with Crippen molar-refractivity contribution < 1.29 is 4.79 Å². The molecule has 2 aromatic rings. The van der Waals surface area contributed by atoms with Crippen molar-refractivity contribution in [1.82, 2.24) is 15.6 Å². The van der Waals surface area contributed by atoms with Gasteiger partial charge in [0.2, 0.25) is 5.91 Å². The summed E-state index contributed by atoms with van der Waals surface area (Å²) in [4.78, 5) is 22.9. The number of aromatic nitrogens is 1. The molecule has 0 saturated heterocycles. The Balaban J connectivity index is 1.56. The summed E-state index contributed by atoms with van der Waals surface area (Å²) in [6, 6.07) is 7.98. The zero-order valence-corrected chi connectivity index (χ0v) is 18.9. The van der Waals surface area contributed by atoms with Crippen molar-refractivity contribution in [2.24, 2.45) is 10.9 Å². The van der Waals surface area contributed by atoms with Gasteiger partial charge in [0.1, 0.15) is 5.01 Å². The van der Waals surface area contributed by atoms with E-state index in [1.165, 1.54) is 11.3 Å². The number of guanidine groups is 1. The fourth-order valence-electron chi connectivity index (χ4n) is 3.62. The summed E-state index contributed by atoms with van der Waals surface area (Å²) >= 11 is 1.73. The molecule has 1 amide bonds. The largest absolute Gasteiger partial charge is 0.357 e. The molecule has 1 saturated carbocycles. The molecule has 1 aliphatic rings. The topological polar surface area (TPSA) is 78.4 Å². The summed E-state index contributed by atoms with van der Waals surface area (Å²) in [7, 11) is 0. The molecule has 1 fully saturated rings. The van der Waals surface area contributed by atoms with E-state index in [-0.39, 0.29) is 11.8 Å². The number of benzene rings is 1. The Morgan fingerprint density at radius 1 is 1.20 bits per heavy atom. The third kappa shape index (κ3) is 6.83. The third-order valence-corrected chi connectivity index (χ3v) is 6.43. The lowest BCUT2D eigenvalue weighted by atomic mass is 9.88. The van der Waals surface area contributed by atoms with Crippen LogP contribution in [0.2, 0.25) is 0 Å². The van der Waals surface area contributed by atoms with Crippen LogP contribution < -0.4 is 16.0 Å². The molecular formula is C23H33N5OS. The van der Waals surface area contributed by atoms with E-state index in [1.807, 2.05) is 30.5 Å². The van der Waals surface area contributed by atoms with E-state index < -0.39 is 0 Å². The lowest BCUT2D eigenvalue weighted by Crippen LogP contribution is -2.36. The summed E-state index contributed by atoms with van der Waals surface area (Å²) in [5.41, 5.74) is 1.92. The number of amides is 1. The van der Waals surface area contributed by atoms with Gasteiger partial charge in [-0.1, -0.05) is 38.3 Å². The number of thiazole rings is 1. The minimum absolute atomic E-state index is 0.153. The second kappa shape index (κ2) is 11.7. The van der Waals surface area contributed by atoms with Crippen LogP contribution in [0.3, 0.4) is 0 Å². The number of hydrogen-bond acceptors (Lipinski definition) is 4. The van der Waals surface area contributed by atoms with Gasteiger partial charge in [-0.25, -0.2) is 9.98 Å². The minimum Gasteiger partial charge on any atom is -0.357 e. The SMILES string of the molecule is CCNC(=NCc1cccc(NC(=O)C2CCCCC2)c1)NCc1ncc(CC)s1. The van der Waals surface area contributed by atoms with Gasteiger partial charge in [0.25, 0.3) is 0 Å². The molecule has 0 radical (unpaired) electrons. The fraction of sp³-hybridized carbons (Fsp3) is 0.522. The summed E-state index contributed by atoms with van der Waals surface area (Å²) in [6.07, 6.45) is 8.54. The molecule has 0 unspecified atom stereocenters. The highest BCUT2D eigenvalue weighted by Crippen LogP contribution is 2.25. The average Bonchev–Trinajstić information content (AvgIpc) is 3.25. The molecular weight excluding hydrogens is 394 g/mol. The lowest BCUT2D eigenvalue weighted by molar-refractivity contribution is -0.120. The van der Waals surface area contributed by atoms with E-state index in [0.717, 1.165) is 60.9 Å². The highest BCUT2D eigenvalue weighted by Gasteiger charge is 2.21. The minimum atomic E-state index is 0.153. The van der Waals surface area contributed by atoms with Crippen LogP contribution in [0, 0.1) is 5.92 Å². The second-order valence-electron chi connectivity index (χ2n) is 7.65. The van der Waals surface area contributed by atoms with Crippen LogP contribution in [0.5, 0.6) is 0 Å². The van der Waals surface area contributed by atoms with Crippen LogP contribution >= 0.6 is 11.3 Å². The highest BCUT2D eigenvalue weighted by atomic mass is 32.1. The quantitative estimate of drug-likeness (QED) is 0.429. The molecule has 1 aliphatic carbocycles. The number of carbonyl (C=O) groups is 1. The normalized spacial score (nSPS) is 15.1. The molecule has 0 aliphatic heterocycles. The Morgan fingerprint density at radius 2 is 2.03 bits per heavy atom. The Labute approximate surface area is 183 Å². The van der Waals surface area contributed by atoms with Gasteiger partial charge >= 0.3 is 0 Å². The molecule has 0 spiro atoms. The van der Waals surface area contributed by atoms with Crippen molar-refractivity contribution in [1.29, 1.82) is 0 Å². The number of hydrogen-bond donors (Lipinski definition) is 3. The maximum Gasteiger partial charge on any atom is 0.227 e. The van der Waals surface area contributed by atoms with Crippen molar-refractivity contribution in [2.45, 2.75) is 65.5 Å². The molecule has 7 heteroatoms. The van der Waals surface area contributed by atoms with E-state index in [1.54, 1.807) is 11.3 Å². The van der Waals surface area contributed by atoms with Gasteiger partial charge in [-0.05, 0) is 43.9 Å². The highest BCUT2D eigenvalue weighted by molar-refractivity contribution is 7.11. The molecule has 162 valence electrons. The Morgan fingerprint density at radius 3 is 2.77 bits per heavy atom. The summed E-state index contributed by atoms with van der Waals surface area (Å²) in [5, 5.41) is 10.8. The van der Waals surface area contributed by atoms with Crippen LogP contribution in [0.15, 0.2) is 35.5 Å². The van der Waals surface area contributed by atoms with Crippen LogP contribution in [0.4, 0.5) is 5.69 Å². The van der Waals surface area contributed by atoms with Gasteiger partial charge < -0.3 is 16.0 Å². The number of aryl methyl sites for hydroxylation is 1. The van der Waals surface area contributed by atoms with Crippen LogP contribution in [0.25, 0.3) is 0 Å². The number of nitrogens with one attached hydrogen (secondary N) is 3. The molecule has 30 heavy (non-hydrogen) atoms. The zero-order chi connectivity index (χ0) is 21.2. The second-order valence-corrected chi connectivity index (χ2v) is 8.85. The third-order valence-electron chi connectivity index (χ3n) is 5.29. The van der Waals surface area contributed by atoms with Crippen LogP contribution in [0.1, 0.15) is 61.4 Å². The molecule has 3 N–H and O–H groups in total. The maximum atomic E-state index is 12.5. The molecule has 3 rings (SSSR count). The monoisotopic (exact) mass is 427 g/mol. The first-order chi connectivity index (χ1) is 14.7. The fourth-order valence-corrected chi connectivity index (χ4v) is 4.42. The summed E-state index contributed by atoms with van der Waals surface area (Å²) in [5.74, 6) is 1.08. The molecule has 0 atom stereocenters. The van der Waals surface area contributed by atoms with Crippen molar-refractivity contribution in [3.8, 4) is 0 Å². The van der Waals surface area contributed by atoms with Crippen molar-refractivity contribution in [2.75, 3.05) is 11.9 Å². The first-order valence-corrected chi connectivity index (χ1v) is 11.8. The van der Waals surface area contributed by atoms with Crippen LogP contribution in [-0.4, -0.2) is 23.4 Å². The zero-order valence-electron chi connectivity index (χ0n) is 18.0. The van der Waals surface area contributed by atoms with Gasteiger partial charge in [-0.2, -0.15) is 0 Å². The Hall–Kier alpha value is -2.41. The van der Waals surface area contributed by atoms with Gasteiger partial charge in [0.05, 0.1) is 13.1 Å². The summed E-state index contributed by atoms with van der Waals surface area (Å²) < 4.78 is 0. The Kier molecular flexibility index (Phi) is 8.68. The van der Waals surface area contributed by atoms with E-state index >= 15 is 0 Å². The predicted molar refractivity (Wildman–Crippen MR) is 125 cm³/mol. The van der Waals surface area contributed by atoms with Crippen LogP contribution in [-0.2, 0) is 24.3 Å².